The first-order valence-corrected chi connectivity index (χ1v) is 10.5. The fourth-order valence-corrected chi connectivity index (χ4v) is 3.98. The number of Topliss-reactive ketones (excluding diaryl/α,β-unsaturated/α-hetero) is 1. The van der Waals surface area contributed by atoms with Crippen molar-refractivity contribution in [3.63, 3.8) is 0 Å². The molecule has 0 aliphatic carbocycles. The Balaban J connectivity index is 1.76. The number of halogens is 1. The first kappa shape index (κ1) is 21.9. The number of furan rings is 1. The average Bonchev–Trinajstić information content (AvgIpc) is 3.27. The zero-order valence-electron chi connectivity index (χ0n) is 17.5. The second-order valence-corrected chi connectivity index (χ2v) is 8.24. The number of ketones is 1. The standard InChI is InChI=1S/C24H22ClNO6/c1-13(2)31-9-8-26-21(14-4-3-5-17(27)11-14)20(23(29)24(26)30)22(28)19-12-15-10-16(25)6-7-18(15)32-19/h3-7,10-13,21,27,29H,8-9H2,1-2H3. The predicted octanol–water partition coefficient (Wildman–Crippen LogP) is 4.80. The molecule has 7 nitrogen and oxygen atoms in total. The zero-order chi connectivity index (χ0) is 23.0. The lowest BCUT2D eigenvalue weighted by Crippen LogP contribution is -2.34. The highest BCUT2D eigenvalue weighted by Crippen LogP contribution is 2.40. The molecule has 1 aromatic heterocycles. The van der Waals surface area contributed by atoms with Crippen LogP contribution in [-0.4, -0.2) is 46.1 Å². The molecule has 3 aromatic rings. The molecule has 0 saturated heterocycles. The van der Waals surface area contributed by atoms with E-state index in [0.717, 1.165) is 0 Å². The van der Waals surface area contributed by atoms with E-state index in [-0.39, 0.29) is 36.3 Å². The van der Waals surface area contributed by atoms with Crippen molar-refractivity contribution < 1.29 is 29.0 Å². The van der Waals surface area contributed by atoms with Gasteiger partial charge >= 0.3 is 0 Å². The first-order valence-electron chi connectivity index (χ1n) is 10.1. The van der Waals surface area contributed by atoms with Crippen LogP contribution < -0.4 is 0 Å². The van der Waals surface area contributed by atoms with E-state index in [2.05, 4.69) is 0 Å². The van der Waals surface area contributed by atoms with Crippen molar-refractivity contribution in [2.24, 2.45) is 0 Å². The maximum absolute atomic E-state index is 13.4. The molecule has 0 spiro atoms. The summed E-state index contributed by atoms with van der Waals surface area (Å²) < 4.78 is 11.2. The van der Waals surface area contributed by atoms with Gasteiger partial charge in [0.2, 0.25) is 5.78 Å². The predicted molar refractivity (Wildman–Crippen MR) is 119 cm³/mol. The number of phenols is 1. The maximum Gasteiger partial charge on any atom is 0.290 e. The van der Waals surface area contributed by atoms with Gasteiger partial charge in [-0.1, -0.05) is 23.7 Å². The van der Waals surface area contributed by atoms with Gasteiger partial charge in [0.25, 0.3) is 5.91 Å². The summed E-state index contributed by atoms with van der Waals surface area (Å²) >= 11 is 6.02. The zero-order valence-corrected chi connectivity index (χ0v) is 18.3. The van der Waals surface area contributed by atoms with Gasteiger partial charge in [-0.15, -0.1) is 0 Å². The molecular weight excluding hydrogens is 434 g/mol. The van der Waals surface area contributed by atoms with E-state index in [9.17, 15) is 19.8 Å². The lowest BCUT2D eigenvalue weighted by Gasteiger charge is -2.27. The number of carbonyl (C=O) groups excluding carboxylic acids is 2. The van der Waals surface area contributed by atoms with E-state index in [1.54, 1.807) is 30.3 Å². The van der Waals surface area contributed by atoms with Crippen LogP contribution in [-0.2, 0) is 9.53 Å². The summed E-state index contributed by atoms with van der Waals surface area (Å²) in [4.78, 5) is 27.7. The van der Waals surface area contributed by atoms with Crippen molar-refractivity contribution in [2.75, 3.05) is 13.2 Å². The largest absolute Gasteiger partial charge is 0.508 e. The Bertz CT molecular complexity index is 1230. The third kappa shape index (κ3) is 4.09. The van der Waals surface area contributed by atoms with Crippen LogP contribution in [0.15, 0.2) is 64.3 Å². The van der Waals surface area contributed by atoms with E-state index in [1.807, 2.05) is 13.8 Å². The van der Waals surface area contributed by atoms with Crippen LogP contribution in [0.5, 0.6) is 5.75 Å². The van der Waals surface area contributed by atoms with E-state index in [0.29, 0.717) is 21.6 Å². The van der Waals surface area contributed by atoms with Gasteiger partial charge in [0.15, 0.2) is 11.5 Å². The minimum Gasteiger partial charge on any atom is -0.508 e. The summed E-state index contributed by atoms with van der Waals surface area (Å²) in [7, 11) is 0. The van der Waals surface area contributed by atoms with Crippen molar-refractivity contribution >= 4 is 34.3 Å². The molecule has 2 N–H and O–H groups in total. The molecule has 1 aliphatic rings. The van der Waals surface area contributed by atoms with E-state index in [4.69, 9.17) is 20.8 Å². The number of phenolic OH excluding ortho intramolecular Hbond substituents is 1. The fraction of sp³-hybridized carbons (Fsp3) is 0.250. The summed E-state index contributed by atoms with van der Waals surface area (Å²) in [5, 5.41) is 21.8. The number of ether oxygens (including phenoxy) is 1. The first-order chi connectivity index (χ1) is 15.3. The van der Waals surface area contributed by atoms with Crippen molar-refractivity contribution in [1.29, 1.82) is 0 Å². The second kappa shape index (κ2) is 8.68. The molecule has 8 heteroatoms. The molecule has 166 valence electrons. The van der Waals surface area contributed by atoms with Gasteiger partial charge in [0, 0.05) is 17.0 Å². The van der Waals surface area contributed by atoms with Crippen molar-refractivity contribution in [3.8, 4) is 5.75 Å². The molecule has 0 saturated carbocycles. The number of aliphatic hydroxyl groups excluding tert-OH is 1. The second-order valence-electron chi connectivity index (χ2n) is 7.80. The van der Waals surface area contributed by atoms with Gasteiger partial charge in [-0.25, -0.2) is 0 Å². The van der Waals surface area contributed by atoms with Crippen LogP contribution in [0.4, 0.5) is 0 Å². The smallest absolute Gasteiger partial charge is 0.290 e. The van der Waals surface area contributed by atoms with Crippen molar-refractivity contribution in [2.45, 2.75) is 26.0 Å². The molecule has 4 rings (SSSR count). The molecule has 0 radical (unpaired) electrons. The number of aromatic hydroxyl groups is 1. The minimum atomic E-state index is -0.908. The average molecular weight is 456 g/mol. The number of hydrogen-bond acceptors (Lipinski definition) is 6. The Labute approximate surface area is 189 Å². The number of aliphatic hydroxyl groups is 1. The van der Waals surface area contributed by atoms with Gasteiger partial charge in [-0.05, 0) is 55.8 Å². The highest BCUT2D eigenvalue weighted by Gasteiger charge is 2.44. The van der Waals surface area contributed by atoms with Gasteiger partial charge in [-0.3, -0.25) is 9.59 Å². The monoisotopic (exact) mass is 455 g/mol. The normalized spacial score (nSPS) is 16.6. The number of benzene rings is 2. The summed E-state index contributed by atoms with van der Waals surface area (Å²) in [6.07, 6.45) is -0.0445. The number of fused-ring (bicyclic) bond motifs is 1. The molecule has 1 unspecified atom stereocenters. The number of hydrogen-bond donors (Lipinski definition) is 2. The Kier molecular flexibility index (Phi) is 5.95. The minimum absolute atomic E-state index is 0.0232. The molecule has 0 bridgehead atoms. The van der Waals surface area contributed by atoms with Gasteiger partial charge in [0.1, 0.15) is 11.3 Å². The Morgan fingerprint density at radius 3 is 2.69 bits per heavy atom. The summed E-state index contributed by atoms with van der Waals surface area (Å²) in [5.41, 5.74) is 0.822. The Morgan fingerprint density at radius 1 is 1.19 bits per heavy atom. The molecule has 1 aliphatic heterocycles. The highest BCUT2D eigenvalue weighted by molar-refractivity contribution is 6.31. The van der Waals surface area contributed by atoms with Crippen molar-refractivity contribution in [3.05, 3.63) is 76.2 Å². The third-order valence-electron chi connectivity index (χ3n) is 5.22. The molecule has 2 aromatic carbocycles. The van der Waals surface area contributed by atoms with E-state index >= 15 is 0 Å². The van der Waals surface area contributed by atoms with Crippen LogP contribution in [0.3, 0.4) is 0 Å². The topological polar surface area (TPSA) is 100 Å². The van der Waals surface area contributed by atoms with Crippen LogP contribution in [0.2, 0.25) is 5.02 Å². The summed E-state index contributed by atoms with van der Waals surface area (Å²) in [5.74, 6) is -2.00. The Hall–Kier alpha value is -3.29. The van der Waals surface area contributed by atoms with Crippen LogP contribution >= 0.6 is 11.6 Å². The highest BCUT2D eigenvalue weighted by atomic mass is 35.5. The van der Waals surface area contributed by atoms with Gasteiger partial charge in [0.05, 0.1) is 24.3 Å². The van der Waals surface area contributed by atoms with Crippen LogP contribution in [0.25, 0.3) is 11.0 Å². The molecule has 0 fully saturated rings. The molecular formula is C24H22ClNO6. The van der Waals surface area contributed by atoms with E-state index in [1.165, 1.54) is 23.1 Å². The summed E-state index contributed by atoms with van der Waals surface area (Å²) in [6.45, 7) is 4.11. The lowest BCUT2D eigenvalue weighted by molar-refractivity contribution is -0.130. The third-order valence-corrected chi connectivity index (χ3v) is 5.45. The maximum atomic E-state index is 13.4. The van der Waals surface area contributed by atoms with Gasteiger partial charge < -0.3 is 24.3 Å². The lowest BCUT2D eigenvalue weighted by atomic mass is 9.95. The SMILES string of the molecule is CC(C)OCCN1C(=O)C(O)=C(C(=O)c2cc3cc(Cl)ccc3o2)C1c1cccc(O)c1. The number of carbonyl (C=O) groups is 2. The molecule has 1 atom stereocenters. The van der Waals surface area contributed by atoms with Gasteiger partial charge in [-0.2, -0.15) is 0 Å². The Morgan fingerprint density at radius 2 is 1.97 bits per heavy atom. The van der Waals surface area contributed by atoms with E-state index < -0.39 is 23.5 Å². The fourth-order valence-electron chi connectivity index (χ4n) is 3.80. The quantitative estimate of drug-likeness (QED) is 0.496. The van der Waals surface area contributed by atoms with Crippen molar-refractivity contribution in [1.82, 2.24) is 4.90 Å². The van der Waals surface area contributed by atoms with Crippen LogP contribution in [0.1, 0.15) is 36.0 Å². The number of rotatable bonds is 7. The summed E-state index contributed by atoms with van der Waals surface area (Å²) in [6, 6.07) is 11.8. The van der Waals surface area contributed by atoms with Crippen LogP contribution in [0, 0.1) is 0 Å². The molecule has 2 heterocycles. The molecule has 1 amide bonds. The molecule has 32 heavy (non-hydrogen) atoms. The number of amides is 1. The number of nitrogens with zero attached hydrogens (tertiary/aromatic N) is 1.